The lowest BCUT2D eigenvalue weighted by Gasteiger charge is -2.14. The van der Waals surface area contributed by atoms with E-state index >= 15 is 0 Å². The molecule has 4 nitrogen and oxygen atoms in total. The summed E-state index contributed by atoms with van der Waals surface area (Å²) in [5.74, 6) is 1.90. The molecule has 2 heterocycles. The Balaban J connectivity index is 1.24. The maximum atomic E-state index is 5.09. The molecular weight excluding hydrogens is 621 g/mol. The lowest BCUT2D eigenvalue weighted by molar-refractivity contribution is 1.07. The highest BCUT2D eigenvalue weighted by Gasteiger charge is 2.16. The number of pyridine rings is 1. The van der Waals surface area contributed by atoms with E-state index < -0.39 is 0 Å². The third-order valence-electron chi connectivity index (χ3n) is 9.35. The van der Waals surface area contributed by atoms with Crippen LogP contribution in [0.15, 0.2) is 176 Å². The minimum Gasteiger partial charge on any atom is -0.252 e. The maximum absolute atomic E-state index is 5.09. The van der Waals surface area contributed by atoms with Crippen LogP contribution in [0.2, 0.25) is 0 Å². The zero-order valence-electron chi connectivity index (χ0n) is 28.0. The Bertz CT molecular complexity index is 2620. The summed E-state index contributed by atoms with van der Waals surface area (Å²) in [6.45, 7) is 2.05. The Kier molecular flexibility index (Phi) is 7.67. The number of hydrogen-bond acceptors (Lipinski definition) is 4. The summed E-state index contributed by atoms with van der Waals surface area (Å²) >= 11 is 0. The maximum Gasteiger partial charge on any atom is 0.164 e. The van der Waals surface area contributed by atoms with E-state index in [1.54, 1.807) is 0 Å². The molecule has 9 aromatic rings. The Hall–Kier alpha value is -6.78. The molecule has 0 saturated carbocycles. The van der Waals surface area contributed by atoms with Crippen molar-refractivity contribution in [3.63, 3.8) is 0 Å². The summed E-state index contributed by atoms with van der Waals surface area (Å²) in [4.78, 5) is 20.1. The first-order valence-corrected chi connectivity index (χ1v) is 17.1. The van der Waals surface area contributed by atoms with Crippen molar-refractivity contribution in [3.8, 4) is 67.7 Å². The van der Waals surface area contributed by atoms with Crippen molar-refractivity contribution in [2.75, 3.05) is 0 Å². The van der Waals surface area contributed by atoms with Gasteiger partial charge >= 0.3 is 0 Å². The first-order valence-electron chi connectivity index (χ1n) is 17.1. The van der Waals surface area contributed by atoms with Crippen LogP contribution in [0.5, 0.6) is 0 Å². The fourth-order valence-corrected chi connectivity index (χ4v) is 6.87. The number of benzene rings is 7. The van der Waals surface area contributed by atoms with E-state index in [1.807, 2.05) is 60.7 Å². The van der Waals surface area contributed by atoms with Gasteiger partial charge in [-0.3, -0.25) is 4.98 Å². The molecule has 0 spiro atoms. The Morgan fingerprint density at radius 2 is 0.824 bits per heavy atom. The van der Waals surface area contributed by atoms with E-state index in [2.05, 4.69) is 122 Å². The van der Waals surface area contributed by atoms with Gasteiger partial charge in [0.1, 0.15) is 0 Å². The minimum atomic E-state index is 0.623. The zero-order valence-corrected chi connectivity index (χ0v) is 28.0. The summed E-state index contributed by atoms with van der Waals surface area (Å²) in [6, 6.07) is 61.3. The van der Waals surface area contributed by atoms with E-state index in [9.17, 15) is 0 Å². The van der Waals surface area contributed by atoms with E-state index in [-0.39, 0.29) is 0 Å². The highest BCUT2D eigenvalue weighted by Crippen LogP contribution is 2.37. The van der Waals surface area contributed by atoms with Crippen LogP contribution in [-0.2, 0) is 0 Å². The summed E-state index contributed by atoms with van der Waals surface area (Å²) in [7, 11) is 0. The van der Waals surface area contributed by atoms with Gasteiger partial charge in [0.15, 0.2) is 17.5 Å². The predicted octanol–water partition coefficient (Wildman–Crippen LogP) is 11.9. The van der Waals surface area contributed by atoms with Gasteiger partial charge in [-0.25, -0.2) is 15.0 Å². The fraction of sp³-hybridized carbons (Fsp3) is 0.0213. The Morgan fingerprint density at radius 3 is 1.51 bits per heavy atom. The molecule has 0 unspecified atom stereocenters. The van der Waals surface area contributed by atoms with E-state index in [0.717, 1.165) is 61.3 Å². The zero-order chi connectivity index (χ0) is 34.1. The number of hydrogen-bond donors (Lipinski definition) is 0. The van der Waals surface area contributed by atoms with Crippen molar-refractivity contribution in [1.82, 2.24) is 19.9 Å². The number of fused-ring (bicyclic) bond motifs is 2. The van der Waals surface area contributed by atoms with Gasteiger partial charge in [0.2, 0.25) is 0 Å². The molecular formula is C47H32N4. The van der Waals surface area contributed by atoms with Crippen LogP contribution >= 0.6 is 0 Å². The molecule has 9 rings (SSSR count). The third-order valence-corrected chi connectivity index (χ3v) is 9.35. The summed E-state index contributed by atoms with van der Waals surface area (Å²) < 4.78 is 0. The number of aromatic nitrogens is 4. The fourth-order valence-electron chi connectivity index (χ4n) is 6.87. The van der Waals surface area contributed by atoms with Gasteiger partial charge in [-0.05, 0) is 69.6 Å². The van der Waals surface area contributed by atoms with Crippen LogP contribution in [0.3, 0.4) is 0 Å². The molecule has 0 bridgehead atoms. The quantitative estimate of drug-likeness (QED) is 0.179. The summed E-state index contributed by atoms with van der Waals surface area (Å²) in [6.07, 6.45) is 0. The van der Waals surface area contributed by atoms with Crippen LogP contribution in [0, 0.1) is 6.92 Å². The topological polar surface area (TPSA) is 51.6 Å². The molecule has 51 heavy (non-hydrogen) atoms. The van der Waals surface area contributed by atoms with E-state index in [4.69, 9.17) is 19.9 Å². The van der Waals surface area contributed by atoms with Gasteiger partial charge in [0.25, 0.3) is 0 Å². The van der Waals surface area contributed by atoms with Crippen LogP contribution in [-0.4, -0.2) is 19.9 Å². The predicted molar refractivity (Wildman–Crippen MR) is 210 cm³/mol. The van der Waals surface area contributed by atoms with Crippen LogP contribution < -0.4 is 0 Å². The monoisotopic (exact) mass is 652 g/mol. The Labute approximate surface area is 296 Å². The number of nitrogens with zero attached hydrogens (tertiary/aromatic N) is 4. The molecule has 2 aromatic heterocycles. The first kappa shape index (κ1) is 30.3. The van der Waals surface area contributed by atoms with E-state index in [1.165, 1.54) is 16.2 Å². The van der Waals surface area contributed by atoms with Gasteiger partial charge in [0.05, 0.1) is 5.69 Å². The van der Waals surface area contributed by atoms with Crippen LogP contribution in [0.25, 0.3) is 89.2 Å². The molecule has 0 N–H and O–H groups in total. The average molecular weight is 653 g/mol. The van der Waals surface area contributed by atoms with Gasteiger partial charge in [-0.2, -0.15) is 0 Å². The molecule has 0 aliphatic heterocycles. The molecule has 0 fully saturated rings. The number of rotatable bonds is 6. The average Bonchev–Trinajstić information content (AvgIpc) is 3.20. The van der Waals surface area contributed by atoms with Gasteiger partial charge in [-0.15, -0.1) is 0 Å². The van der Waals surface area contributed by atoms with Crippen molar-refractivity contribution in [2.45, 2.75) is 6.92 Å². The summed E-state index contributed by atoms with van der Waals surface area (Å²) in [5, 5.41) is 4.73. The second kappa shape index (κ2) is 12.9. The van der Waals surface area contributed by atoms with Crippen molar-refractivity contribution in [3.05, 3.63) is 182 Å². The SMILES string of the molecule is Cc1cc2ccccc2c(-c2ccc(-c3cc(-c4nc(-c5ccccc5)nc(-c5ccccc5)n4)cc(-c4cccc5ccccc45)c3)cc2)n1. The second-order valence-electron chi connectivity index (χ2n) is 12.8. The molecule has 0 aliphatic rings. The van der Waals surface area contributed by atoms with Gasteiger partial charge in [-0.1, -0.05) is 152 Å². The van der Waals surface area contributed by atoms with Crippen molar-refractivity contribution < 1.29 is 0 Å². The largest absolute Gasteiger partial charge is 0.252 e. The van der Waals surface area contributed by atoms with Crippen molar-refractivity contribution in [1.29, 1.82) is 0 Å². The molecule has 0 saturated heterocycles. The summed E-state index contributed by atoms with van der Waals surface area (Å²) in [5.41, 5.74) is 10.3. The molecule has 4 heteroatoms. The lowest BCUT2D eigenvalue weighted by Crippen LogP contribution is -2.00. The van der Waals surface area contributed by atoms with Crippen molar-refractivity contribution in [2.24, 2.45) is 0 Å². The van der Waals surface area contributed by atoms with E-state index in [0.29, 0.717) is 17.5 Å². The normalized spacial score (nSPS) is 11.2. The lowest BCUT2D eigenvalue weighted by atomic mass is 9.92. The standard InChI is InChI=1S/C47H32N4/c1-31-27-37-18-9-11-21-43(37)44(48-31)34-25-23-32(24-26-34)38-28-39(42-22-12-19-33-13-8-10-20-41(33)42)30-40(29-38)47-50-45(35-14-4-2-5-15-35)49-46(51-47)36-16-6-3-7-17-36/h2-30H,1H3. The molecule has 0 atom stereocenters. The molecule has 7 aromatic carbocycles. The minimum absolute atomic E-state index is 0.623. The van der Waals surface area contributed by atoms with Crippen LogP contribution in [0.4, 0.5) is 0 Å². The second-order valence-corrected chi connectivity index (χ2v) is 12.8. The third kappa shape index (κ3) is 5.94. The molecule has 0 aliphatic carbocycles. The van der Waals surface area contributed by atoms with Crippen molar-refractivity contribution >= 4 is 21.5 Å². The van der Waals surface area contributed by atoms with Gasteiger partial charge in [0, 0.05) is 33.3 Å². The molecule has 0 radical (unpaired) electrons. The smallest absolute Gasteiger partial charge is 0.164 e. The highest BCUT2D eigenvalue weighted by molar-refractivity contribution is 5.98. The molecule has 240 valence electrons. The van der Waals surface area contributed by atoms with Gasteiger partial charge < -0.3 is 0 Å². The first-order chi connectivity index (χ1) is 25.2. The number of aryl methyl sites for hydroxylation is 1. The Morgan fingerprint density at radius 1 is 0.314 bits per heavy atom. The molecule has 0 amide bonds. The highest BCUT2D eigenvalue weighted by atomic mass is 15.0. The van der Waals surface area contributed by atoms with Crippen LogP contribution in [0.1, 0.15) is 5.69 Å².